The molecule has 0 radical (unpaired) electrons. The fourth-order valence-electron chi connectivity index (χ4n) is 3.77. The highest BCUT2D eigenvalue weighted by Gasteiger charge is 2.32. The van der Waals surface area contributed by atoms with Crippen molar-refractivity contribution in [3.05, 3.63) is 93.4 Å². The van der Waals surface area contributed by atoms with E-state index in [0.29, 0.717) is 22.3 Å². The summed E-state index contributed by atoms with van der Waals surface area (Å²) in [6.07, 6.45) is 1.81. The van der Waals surface area contributed by atoms with Crippen LogP contribution >= 0.6 is 22.7 Å². The molecule has 0 unspecified atom stereocenters. The maximum atomic E-state index is 13.1. The van der Waals surface area contributed by atoms with Gasteiger partial charge in [0.2, 0.25) is 0 Å². The molecule has 5 heteroatoms. The number of nitrogens with zero attached hydrogens (tertiary/aromatic N) is 2. The van der Waals surface area contributed by atoms with Crippen LogP contribution in [0.1, 0.15) is 26.4 Å². The van der Waals surface area contributed by atoms with Crippen molar-refractivity contribution in [3.63, 3.8) is 0 Å². The summed E-state index contributed by atoms with van der Waals surface area (Å²) in [5, 5.41) is 18.9. The van der Waals surface area contributed by atoms with Crippen LogP contribution in [0, 0.1) is 29.6 Å². The summed E-state index contributed by atoms with van der Waals surface area (Å²) in [5.41, 5.74) is 4.41. The molecule has 3 nitrogen and oxygen atoms in total. The molecule has 2 heterocycles. The number of nitriles is 2. The molecule has 146 valence electrons. The van der Waals surface area contributed by atoms with Crippen LogP contribution in [-0.2, 0) is 0 Å². The molecule has 0 bridgehead atoms. The lowest BCUT2D eigenvalue weighted by Crippen LogP contribution is -1.95. The zero-order valence-corrected chi connectivity index (χ0v) is 18.1. The van der Waals surface area contributed by atoms with E-state index in [1.54, 1.807) is 40.9 Å². The number of aryl methyl sites for hydroxylation is 1. The zero-order chi connectivity index (χ0) is 21.5. The molecule has 1 aliphatic rings. The summed E-state index contributed by atoms with van der Waals surface area (Å²) < 4.78 is 2.31. The number of thiophene rings is 2. The van der Waals surface area contributed by atoms with Crippen molar-refractivity contribution in [2.75, 3.05) is 0 Å². The monoisotopic (exact) mass is 434 g/mol. The number of Topliss-reactive ketones (excluding diaryl/α,β-unsaturated/α-hetero) is 1. The number of hydrogen-bond donors (Lipinski definition) is 0. The highest BCUT2D eigenvalue weighted by atomic mass is 32.1. The number of carbonyl (C=O) groups excluding carboxylic acids is 1. The van der Waals surface area contributed by atoms with Crippen LogP contribution in [0.15, 0.2) is 71.8 Å². The first-order valence-corrected chi connectivity index (χ1v) is 11.2. The standard InChI is InChI=1S/C26H14N2OS2/c1-15-6-8-16(9-7-15)22-12-24-23(31-22)11-18(30-24)10-21-25(17(13-27)14-28)19-4-2-3-5-20(19)26(21)29/h2-12H,1H3/b21-10-. The van der Waals surface area contributed by atoms with E-state index in [9.17, 15) is 15.3 Å². The third kappa shape index (κ3) is 3.21. The number of hydrogen-bond acceptors (Lipinski definition) is 5. The lowest BCUT2D eigenvalue weighted by molar-refractivity contribution is 0.104. The van der Waals surface area contributed by atoms with Gasteiger partial charge in [-0.3, -0.25) is 4.79 Å². The minimum absolute atomic E-state index is 0.0374. The van der Waals surface area contributed by atoms with Gasteiger partial charge in [-0.15, -0.1) is 22.7 Å². The molecule has 0 amide bonds. The number of rotatable bonds is 2. The van der Waals surface area contributed by atoms with Crippen molar-refractivity contribution in [3.8, 4) is 22.6 Å². The Morgan fingerprint density at radius 3 is 2.26 bits per heavy atom. The Labute approximate surface area is 187 Å². The molecule has 0 N–H and O–H groups in total. The Hall–Kier alpha value is -3.77. The predicted molar refractivity (Wildman–Crippen MR) is 127 cm³/mol. The third-order valence-electron chi connectivity index (χ3n) is 5.28. The molecular weight excluding hydrogens is 420 g/mol. The van der Waals surface area contributed by atoms with Crippen molar-refractivity contribution in [2.45, 2.75) is 6.92 Å². The normalized spacial score (nSPS) is 14.0. The van der Waals surface area contributed by atoms with Crippen LogP contribution in [-0.4, -0.2) is 5.78 Å². The summed E-state index contributed by atoms with van der Waals surface area (Å²) in [5.74, 6) is -0.148. The van der Waals surface area contributed by atoms with Crippen LogP contribution in [0.25, 0.3) is 31.5 Å². The van der Waals surface area contributed by atoms with Gasteiger partial charge in [-0.1, -0.05) is 54.1 Å². The maximum Gasteiger partial charge on any atom is 0.194 e. The highest BCUT2D eigenvalue weighted by Crippen LogP contribution is 2.43. The molecule has 31 heavy (non-hydrogen) atoms. The summed E-state index contributed by atoms with van der Waals surface area (Å²) in [6, 6.07) is 23.8. The van der Waals surface area contributed by atoms with Gasteiger partial charge in [-0.05, 0) is 36.3 Å². The number of carbonyl (C=O) groups is 1. The minimum atomic E-state index is -0.148. The highest BCUT2D eigenvalue weighted by molar-refractivity contribution is 7.29. The van der Waals surface area contributed by atoms with E-state index < -0.39 is 0 Å². The number of fused-ring (bicyclic) bond motifs is 2. The first-order valence-electron chi connectivity index (χ1n) is 9.60. The minimum Gasteiger partial charge on any atom is -0.289 e. The lowest BCUT2D eigenvalue weighted by atomic mass is 9.99. The average molecular weight is 435 g/mol. The Balaban J connectivity index is 1.60. The van der Waals surface area contributed by atoms with Crippen LogP contribution in [0.5, 0.6) is 0 Å². The molecule has 0 fully saturated rings. The summed E-state index contributed by atoms with van der Waals surface area (Å²) in [6.45, 7) is 2.08. The van der Waals surface area contributed by atoms with Gasteiger partial charge < -0.3 is 0 Å². The van der Waals surface area contributed by atoms with Gasteiger partial charge in [0.25, 0.3) is 0 Å². The third-order valence-corrected chi connectivity index (χ3v) is 7.57. The predicted octanol–water partition coefficient (Wildman–Crippen LogP) is 7.02. The van der Waals surface area contributed by atoms with E-state index in [1.165, 1.54) is 16.0 Å². The molecule has 0 saturated carbocycles. The van der Waals surface area contributed by atoms with Gasteiger partial charge in [0, 0.05) is 35.9 Å². The molecular formula is C26H14N2OS2. The van der Waals surface area contributed by atoms with Crippen molar-refractivity contribution < 1.29 is 4.79 Å². The summed E-state index contributed by atoms with van der Waals surface area (Å²) in [4.78, 5) is 15.2. The van der Waals surface area contributed by atoms with E-state index in [1.807, 2.05) is 24.3 Å². The first kappa shape index (κ1) is 19.2. The Morgan fingerprint density at radius 1 is 0.903 bits per heavy atom. The van der Waals surface area contributed by atoms with E-state index >= 15 is 0 Å². The van der Waals surface area contributed by atoms with Gasteiger partial charge in [0.1, 0.15) is 17.7 Å². The van der Waals surface area contributed by atoms with Crippen molar-refractivity contribution in [1.82, 2.24) is 0 Å². The number of ketones is 1. The topological polar surface area (TPSA) is 64.7 Å². The SMILES string of the molecule is Cc1ccc(-c2cc3sc(/C=C4\C(=O)c5ccccc5C4=C(C#N)C#N)cc3s2)cc1. The second-order valence-electron chi connectivity index (χ2n) is 7.26. The van der Waals surface area contributed by atoms with Gasteiger partial charge in [-0.2, -0.15) is 10.5 Å². The van der Waals surface area contributed by atoms with Crippen molar-refractivity contribution in [1.29, 1.82) is 10.5 Å². The Kier molecular flexibility index (Phi) is 4.64. The smallest absolute Gasteiger partial charge is 0.194 e. The number of allylic oxidation sites excluding steroid dienone is 3. The maximum absolute atomic E-state index is 13.1. The summed E-state index contributed by atoms with van der Waals surface area (Å²) >= 11 is 3.32. The van der Waals surface area contributed by atoms with E-state index in [4.69, 9.17) is 0 Å². The van der Waals surface area contributed by atoms with Gasteiger partial charge in [0.05, 0.1) is 0 Å². The molecule has 0 spiro atoms. The van der Waals surface area contributed by atoms with E-state index in [2.05, 4.69) is 43.3 Å². The Bertz CT molecular complexity index is 1470. The molecule has 2 aromatic carbocycles. The first-order chi connectivity index (χ1) is 15.1. The van der Waals surface area contributed by atoms with Crippen LogP contribution < -0.4 is 0 Å². The molecule has 5 rings (SSSR count). The van der Waals surface area contributed by atoms with Gasteiger partial charge >= 0.3 is 0 Å². The summed E-state index contributed by atoms with van der Waals surface area (Å²) in [7, 11) is 0. The zero-order valence-electron chi connectivity index (χ0n) is 16.5. The number of benzene rings is 2. The van der Waals surface area contributed by atoms with Crippen LogP contribution in [0.3, 0.4) is 0 Å². The molecule has 1 aliphatic carbocycles. The molecule has 0 saturated heterocycles. The largest absolute Gasteiger partial charge is 0.289 e. The van der Waals surface area contributed by atoms with Crippen LogP contribution in [0.4, 0.5) is 0 Å². The fourth-order valence-corrected chi connectivity index (χ4v) is 6.13. The quantitative estimate of drug-likeness (QED) is 0.251. The average Bonchev–Trinajstić information content (AvgIpc) is 3.42. The molecule has 2 aromatic heterocycles. The van der Waals surface area contributed by atoms with Gasteiger partial charge in [-0.25, -0.2) is 0 Å². The van der Waals surface area contributed by atoms with E-state index in [-0.39, 0.29) is 11.4 Å². The van der Waals surface area contributed by atoms with Crippen LogP contribution in [0.2, 0.25) is 0 Å². The molecule has 4 aromatic rings. The van der Waals surface area contributed by atoms with Crippen molar-refractivity contribution in [2.24, 2.45) is 0 Å². The molecule has 0 atom stereocenters. The second-order valence-corrected chi connectivity index (χ2v) is 9.46. The van der Waals surface area contributed by atoms with Gasteiger partial charge in [0.15, 0.2) is 5.78 Å². The van der Waals surface area contributed by atoms with Crippen molar-refractivity contribution >= 4 is 49.5 Å². The second kappa shape index (κ2) is 7.49. The fraction of sp³-hybridized carbons (Fsp3) is 0.0385. The lowest BCUT2D eigenvalue weighted by Gasteiger charge is -2.01. The molecule has 0 aliphatic heterocycles. The Morgan fingerprint density at radius 2 is 1.58 bits per heavy atom. The van der Waals surface area contributed by atoms with E-state index in [0.717, 1.165) is 14.3 Å².